The number of benzene rings is 1. The van der Waals surface area contributed by atoms with Gasteiger partial charge in [0.1, 0.15) is 6.04 Å². The third-order valence-electron chi connectivity index (χ3n) is 6.17. The van der Waals surface area contributed by atoms with Crippen molar-refractivity contribution in [3.8, 4) is 0 Å². The van der Waals surface area contributed by atoms with Crippen LogP contribution in [0, 0.1) is 12.8 Å². The predicted molar refractivity (Wildman–Crippen MR) is 123 cm³/mol. The largest absolute Gasteiger partial charge is 0.339 e. The molecule has 174 valence electrons. The third kappa shape index (κ3) is 4.67. The van der Waals surface area contributed by atoms with E-state index in [2.05, 4.69) is 15.0 Å². The van der Waals surface area contributed by atoms with Crippen molar-refractivity contribution in [3.63, 3.8) is 0 Å². The smallest absolute Gasteiger partial charge is 0.262 e. The lowest BCUT2D eigenvalue weighted by Crippen LogP contribution is -2.44. The van der Waals surface area contributed by atoms with E-state index >= 15 is 0 Å². The molecule has 0 radical (unpaired) electrons. The summed E-state index contributed by atoms with van der Waals surface area (Å²) in [6.45, 7) is 2.57. The SMILES string of the molecule is Cc1ccccc1C(c1cnccn1)N(C)C(=O)C1CCN(S(=O)(=O)c2cn(C)cn2)CC1. The van der Waals surface area contributed by atoms with Crippen LogP contribution in [0.3, 0.4) is 0 Å². The van der Waals surface area contributed by atoms with Gasteiger partial charge >= 0.3 is 0 Å². The van der Waals surface area contributed by atoms with Gasteiger partial charge in [-0.3, -0.25) is 14.8 Å². The van der Waals surface area contributed by atoms with Crippen LogP contribution in [-0.2, 0) is 21.9 Å². The summed E-state index contributed by atoms with van der Waals surface area (Å²) in [5.41, 5.74) is 2.74. The average Bonchev–Trinajstić information content (AvgIpc) is 3.28. The monoisotopic (exact) mass is 468 g/mol. The van der Waals surface area contributed by atoms with Crippen molar-refractivity contribution < 1.29 is 13.2 Å². The van der Waals surface area contributed by atoms with Crippen LogP contribution in [-0.4, -0.2) is 63.2 Å². The van der Waals surface area contributed by atoms with Crippen molar-refractivity contribution in [2.24, 2.45) is 13.0 Å². The molecule has 1 fully saturated rings. The maximum absolute atomic E-state index is 13.5. The van der Waals surface area contributed by atoms with E-state index in [0.29, 0.717) is 18.5 Å². The number of aromatic nitrogens is 4. The molecule has 0 bridgehead atoms. The van der Waals surface area contributed by atoms with Gasteiger partial charge in [0.2, 0.25) is 5.91 Å². The zero-order valence-electron chi connectivity index (χ0n) is 19.0. The minimum absolute atomic E-state index is 0.0243. The standard InChI is InChI=1S/C23H28N6O3S/c1-17-6-4-5-7-19(17)22(20-14-24-10-11-25-20)28(3)23(30)18-8-12-29(13-9-18)33(31,32)21-15-27(2)16-26-21/h4-7,10-11,14-16,18,22H,8-9,12-13H2,1-3H3. The summed E-state index contributed by atoms with van der Waals surface area (Å²) in [4.78, 5) is 27.9. The highest BCUT2D eigenvalue weighted by molar-refractivity contribution is 7.89. The number of hydrogen-bond donors (Lipinski definition) is 0. The van der Waals surface area contributed by atoms with Crippen molar-refractivity contribution in [1.82, 2.24) is 28.7 Å². The molecular weight excluding hydrogens is 440 g/mol. The second-order valence-corrected chi connectivity index (χ2v) is 10.3. The van der Waals surface area contributed by atoms with Gasteiger partial charge in [0.25, 0.3) is 10.0 Å². The van der Waals surface area contributed by atoms with Crippen molar-refractivity contribution in [3.05, 3.63) is 72.2 Å². The fourth-order valence-corrected chi connectivity index (χ4v) is 5.76. The van der Waals surface area contributed by atoms with E-state index in [1.165, 1.54) is 16.8 Å². The summed E-state index contributed by atoms with van der Waals surface area (Å²) >= 11 is 0. The summed E-state index contributed by atoms with van der Waals surface area (Å²) in [6.07, 6.45) is 8.79. The van der Waals surface area contributed by atoms with Gasteiger partial charge in [-0.15, -0.1) is 0 Å². The first kappa shape index (κ1) is 23.1. The number of carbonyl (C=O) groups is 1. The van der Waals surface area contributed by atoms with Gasteiger partial charge in [0.05, 0.1) is 18.2 Å². The quantitative estimate of drug-likeness (QED) is 0.550. The van der Waals surface area contributed by atoms with Crippen LogP contribution >= 0.6 is 0 Å². The number of carbonyl (C=O) groups excluding carboxylic acids is 1. The number of nitrogens with zero attached hydrogens (tertiary/aromatic N) is 6. The summed E-state index contributed by atoms with van der Waals surface area (Å²) in [7, 11) is -0.147. The van der Waals surface area contributed by atoms with Gasteiger partial charge in [-0.25, -0.2) is 13.4 Å². The molecule has 1 aromatic carbocycles. The molecule has 9 nitrogen and oxygen atoms in total. The molecule has 1 aliphatic rings. The molecule has 0 saturated carbocycles. The van der Waals surface area contributed by atoms with E-state index in [4.69, 9.17) is 0 Å². The Morgan fingerprint density at radius 3 is 2.48 bits per heavy atom. The molecule has 10 heteroatoms. The summed E-state index contributed by atoms with van der Waals surface area (Å²) in [5, 5.41) is 0.0363. The number of piperidine rings is 1. The molecule has 33 heavy (non-hydrogen) atoms. The molecule has 0 aliphatic carbocycles. The number of aryl methyl sites for hydroxylation is 2. The minimum atomic E-state index is -3.66. The van der Waals surface area contributed by atoms with E-state index in [0.717, 1.165) is 11.1 Å². The molecule has 3 aromatic rings. The Morgan fingerprint density at radius 1 is 1.15 bits per heavy atom. The molecule has 1 aliphatic heterocycles. The van der Waals surface area contributed by atoms with Crippen molar-refractivity contribution in [2.75, 3.05) is 20.1 Å². The highest BCUT2D eigenvalue weighted by atomic mass is 32.2. The molecule has 0 N–H and O–H groups in total. The second kappa shape index (κ2) is 9.40. The predicted octanol–water partition coefficient (Wildman–Crippen LogP) is 2.17. The number of sulfonamides is 1. The third-order valence-corrected chi connectivity index (χ3v) is 7.95. The molecule has 1 amide bonds. The van der Waals surface area contributed by atoms with Gasteiger partial charge in [-0.1, -0.05) is 24.3 Å². The zero-order chi connectivity index (χ0) is 23.6. The Kier molecular flexibility index (Phi) is 6.57. The van der Waals surface area contributed by atoms with Crippen LogP contribution in [0.15, 0.2) is 60.4 Å². The lowest BCUT2D eigenvalue weighted by atomic mass is 9.93. The van der Waals surface area contributed by atoms with Gasteiger partial charge < -0.3 is 9.47 Å². The highest BCUT2D eigenvalue weighted by Gasteiger charge is 2.36. The van der Waals surface area contributed by atoms with Crippen LogP contribution in [0.1, 0.15) is 35.7 Å². The summed E-state index contributed by atoms with van der Waals surface area (Å²) < 4.78 is 28.8. The van der Waals surface area contributed by atoms with E-state index in [9.17, 15) is 13.2 Å². The van der Waals surface area contributed by atoms with Crippen LogP contribution in [0.5, 0.6) is 0 Å². The maximum Gasteiger partial charge on any atom is 0.262 e. The molecule has 1 atom stereocenters. The Labute approximate surface area is 194 Å². The van der Waals surface area contributed by atoms with Crippen LogP contribution in [0.25, 0.3) is 0 Å². The summed E-state index contributed by atoms with van der Waals surface area (Å²) in [5.74, 6) is -0.294. The van der Waals surface area contributed by atoms with Gasteiger partial charge in [-0.2, -0.15) is 4.31 Å². The van der Waals surface area contributed by atoms with E-state index in [1.54, 1.807) is 42.2 Å². The Balaban J connectivity index is 1.52. The molecule has 2 aromatic heterocycles. The van der Waals surface area contributed by atoms with Crippen molar-refractivity contribution in [1.29, 1.82) is 0 Å². The van der Waals surface area contributed by atoms with Crippen LogP contribution in [0.4, 0.5) is 0 Å². The van der Waals surface area contributed by atoms with E-state index in [-0.39, 0.29) is 36.0 Å². The molecule has 0 spiro atoms. The fourth-order valence-electron chi connectivity index (χ4n) is 4.32. The van der Waals surface area contributed by atoms with E-state index < -0.39 is 10.0 Å². The Bertz CT molecular complexity index is 1220. The number of amides is 1. The van der Waals surface area contributed by atoms with E-state index in [1.807, 2.05) is 31.2 Å². The van der Waals surface area contributed by atoms with Gasteiger partial charge in [-0.05, 0) is 30.9 Å². The van der Waals surface area contributed by atoms with Crippen molar-refractivity contribution in [2.45, 2.75) is 30.8 Å². The number of imidazole rings is 1. The number of rotatable bonds is 6. The average molecular weight is 469 g/mol. The van der Waals surface area contributed by atoms with Gasteiger partial charge in [0.15, 0.2) is 5.03 Å². The fraction of sp³-hybridized carbons (Fsp3) is 0.391. The van der Waals surface area contributed by atoms with Crippen LogP contribution in [0.2, 0.25) is 0 Å². The van der Waals surface area contributed by atoms with Crippen LogP contribution < -0.4 is 0 Å². The van der Waals surface area contributed by atoms with Gasteiger partial charge in [0, 0.05) is 51.7 Å². The first-order valence-corrected chi connectivity index (χ1v) is 12.3. The first-order chi connectivity index (χ1) is 15.8. The number of hydrogen-bond acceptors (Lipinski definition) is 6. The first-order valence-electron chi connectivity index (χ1n) is 10.8. The Hall–Kier alpha value is -3.11. The lowest BCUT2D eigenvalue weighted by Gasteiger charge is -2.35. The zero-order valence-corrected chi connectivity index (χ0v) is 19.8. The molecule has 1 saturated heterocycles. The minimum Gasteiger partial charge on any atom is -0.339 e. The maximum atomic E-state index is 13.5. The molecule has 4 rings (SSSR count). The Morgan fingerprint density at radius 2 is 1.88 bits per heavy atom. The molecular formula is C23H28N6O3S. The van der Waals surface area contributed by atoms with Crippen molar-refractivity contribution >= 4 is 15.9 Å². The topological polar surface area (TPSA) is 101 Å². The normalized spacial score (nSPS) is 16.5. The molecule has 1 unspecified atom stereocenters. The lowest BCUT2D eigenvalue weighted by molar-refractivity contribution is -0.137. The second-order valence-electron chi connectivity index (χ2n) is 8.39. The summed E-state index contributed by atoms with van der Waals surface area (Å²) in [6, 6.07) is 7.55. The highest BCUT2D eigenvalue weighted by Crippen LogP contribution is 2.32. The molecule has 3 heterocycles.